The molecule has 0 aliphatic heterocycles. The van der Waals surface area contributed by atoms with E-state index in [2.05, 4.69) is 14.2 Å². The predicted octanol–water partition coefficient (Wildman–Crippen LogP) is 2.93. The molecule has 2 aromatic rings. The second-order valence-electron chi connectivity index (χ2n) is 4.08. The molecule has 0 unspecified atom stereocenters. The van der Waals surface area contributed by atoms with Gasteiger partial charge in [0.2, 0.25) is 17.3 Å². The third-order valence-corrected chi connectivity index (χ3v) is 2.79. The predicted molar refractivity (Wildman–Crippen MR) is 70.9 cm³/mol. The minimum absolute atomic E-state index is 0.00817. The van der Waals surface area contributed by atoms with E-state index in [1.165, 1.54) is 16.8 Å². The van der Waals surface area contributed by atoms with Crippen LogP contribution < -0.4 is 9.47 Å². The molecule has 6 nitrogen and oxygen atoms in total. The SMILES string of the molecule is Cn1ccc(OCc2c(N=S=O)cccc2OC(F)(F)F)n1. The van der Waals surface area contributed by atoms with Crippen molar-refractivity contribution < 1.29 is 26.9 Å². The summed E-state index contributed by atoms with van der Waals surface area (Å²) in [6.45, 7) is -0.275. The van der Waals surface area contributed by atoms with Gasteiger partial charge in [-0.15, -0.1) is 18.3 Å². The summed E-state index contributed by atoms with van der Waals surface area (Å²) in [5.41, 5.74) is 0.0616. The first-order valence-corrected chi connectivity index (χ1v) is 6.59. The van der Waals surface area contributed by atoms with Crippen molar-refractivity contribution in [1.82, 2.24) is 9.78 Å². The molecule has 0 aliphatic carbocycles. The molecular formula is C12H10F3N3O3S. The first-order chi connectivity index (χ1) is 10.4. The van der Waals surface area contributed by atoms with Crippen molar-refractivity contribution in [1.29, 1.82) is 0 Å². The third-order valence-electron chi connectivity index (χ3n) is 2.52. The molecule has 0 fully saturated rings. The fourth-order valence-electron chi connectivity index (χ4n) is 1.66. The second kappa shape index (κ2) is 6.60. The lowest BCUT2D eigenvalue weighted by Crippen LogP contribution is -2.18. The topological polar surface area (TPSA) is 65.7 Å². The maximum Gasteiger partial charge on any atom is 0.573 e. The van der Waals surface area contributed by atoms with E-state index in [1.54, 1.807) is 19.3 Å². The Hall–Kier alpha value is -2.36. The maximum atomic E-state index is 12.4. The van der Waals surface area contributed by atoms with Crippen LogP contribution in [-0.2, 0) is 25.1 Å². The van der Waals surface area contributed by atoms with Gasteiger partial charge >= 0.3 is 6.36 Å². The average Bonchev–Trinajstić information content (AvgIpc) is 2.82. The van der Waals surface area contributed by atoms with Crippen molar-refractivity contribution in [3.63, 3.8) is 0 Å². The van der Waals surface area contributed by atoms with Crippen molar-refractivity contribution in [3.05, 3.63) is 36.0 Å². The van der Waals surface area contributed by atoms with Crippen LogP contribution in [0.1, 0.15) is 5.56 Å². The summed E-state index contributed by atoms with van der Waals surface area (Å²) in [6.07, 6.45) is -3.24. The molecule has 22 heavy (non-hydrogen) atoms. The first kappa shape index (κ1) is 16.0. The molecule has 0 aliphatic rings. The molecular weight excluding hydrogens is 323 g/mol. The monoisotopic (exact) mass is 333 g/mol. The number of aromatic nitrogens is 2. The smallest absolute Gasteiger partial charge is 0.472 e. The number of hydrogen-bond donors (Lipinski definition) is 0. The lowest BCUT2D eigenvalue weighted by atomic mass is 10.1. The largest absolute Gasteiger partial charge is 0.573 e. The van der Waals surface area contributed by atoms with Gasteiger partial charge in [-0.05, 0) is 12.1 Å². The average molecular weight is 333 g/mol. The maximum absolute atomic E-state index is 12.4. The zero-order valence-corrected chi connectivity index (χ0v) is 12.0. The molecule has 0 N–H and O–H groups in total. The standard InChI is InChI=1S/C12H10F3N3O3S/c1-18-6-5-11(16-18)20-7-8-9(17-22-19)3-2-4-10(8)21-12(13,14)15/h2-6H,7H2,1H3. The highest BCUT2D eigenvalue weighted by Crippen LogP contribution is 2.33. The van der Waals surface area contributed by atoms with Gasteiger partial charge in [0.1, 0.15) is 12.4 Å². The van der Waals surface area contributed by atoms with E-state index in [1.807, 2.05) is 0 Å². The highest BCUT2D eigenvalue weighted by molar-refractivity contribution is 7.54. The Bertz CT molecular complexity index is 711. The fraction of sp³-hybridized carbons (Fsp3) is 0.250. The van der Waals surface area contributed by atoms with E-state index in [4.69, 9.17) is 4.74 Å². The van der Waals surface area contributed by atoms with E-state index in [0.717, 1.165) is 6.07 Å². The van der Waals surface area contributed by atoms with Crippen LogP contribution in [0.5, 0.6) is 11.6 Å². The molecule has 0 bridgehead atoms. The summed E-state index contributed by atoms with van der Waals surface area (Å²) < 4.78 is 62.1. The summed E-state index contributed by atoms with van der Waals surface area (Å²) >= 11 is -0.116. The van der Waals surface area contributed by atoms with Gasteiger partial charge in [-0.1, -0.05) is 6.07 Å². The van der Waals surface area contributed by atoms with E-state index in [0.29, 0.717) is 0 Å². The van der Waals surface area contributed by atoms with E-state index >= 15 is 0 Å². The Morgan fingerprint density at radius 1 is 1.36 bits per heavy atom. The number of aryl methyl sites for hydroxylation is 1. The van der Waals surface area contributed by atoms with Gasteiger partial charge in [0, 0.05) is 19.3 Å². The molecule has 1 aromatic carbocycles. The molecule has 0 amide bonds. The number of nitrogens with zero attached hydrogens (tertiary/aromatic N) is 3. The summed E-state index contributed by atoms with van der Waals surface area (Å²) in [5.74, 6) is -0.247. The summed E-state index contributed by atoms with van der Waals surface area (Å²) in [5, 5.41) is 3.94. The number of ether oxygens (including phenoxy) is 2. The molecule has 118 valence electrons. The van der Waals surface area contributed by atoms with Gasteiger partial charge in [0.25, 0.3) is 0 Å². The summed E-state index contributed by atoms with van der Waals surface area (Å²) in [6, 6.07) is 5.37. The molecule has 1 heterocycles. The summed E-state index contributed by atoms with van der Waals surface area (Å²) in [4.78, 5) is 0. The summed E-state index contributed by atoms with van der Waals surface area (Å²) in [7, 11) is 1.67. The lowest BCUT2D eigenvalue weighted by Gasteiger charge is -2.14. The van der Waals surface area contributed by atoms with E-state index in [-0.39, 0.29) is 35.2 Å². The normalized spacial score (nSPS) is 11.1. The van der Waals surface area contributed by atoms with Crippen LogP contribution in [0.3, 0.4) is 0 Å². The molecule has 0 atom stereocenters. The zero-order valence-electron chi connectivity index (χ0n) is 11.2. The van der Waals surface area contributed by atoms with Crippen LogP contribution in [-0.4, -0.2) is 20.4 Å². The molecule has 0 radical (unpaired) electrons. The van der Waals surface area contributed by atoms with Gasteiger partial charge in [-0.3, -0.25) is 4.68 Å². The molecule has 0 saturated heterocycles. The lowest BCUT2D eigenvalue weighted by molar-refractivity contribution is -0.275. The third kappa shape index (κ3) is 4.32. The van der Waals surface area contributed by atoms with Crippen molar-refractivity contribution in [2.24, 2.45) is 11.4 Å². The zero-order chi connectivity index (χ0) is 16.2. The van der Waals surface area contributed by atoms with Gasteiger partial charge in [0.15, 0.2) is 0 Å². The molecule has 0 spiro atoms. The molecule has 0 saturated carbocycles. The van der Waals surface area contributed by atoms with Gasteiger partial charge in [-0.2, -0.15) is 8.57 Å². The number of hydrogen-bond acceptors (Lipinski definition) is 5. The highest BCUT2D eigenvalue weighted by Gasteiger charge is 2.32. The van der Waals surface area contributed by atoms with Crippen molar-refractivity contribution in [2.45, 2.75) is 13.0 Å². The Labute approximate surface area is 126 Å². The van der Waals surface area contributed by atoms with Crippen LogP contribution in [0.15, 0.2) is 34.8 Å². The number of halogens is 3. The number of rotatable bonds is 5. The molecule has 1 aromatic heterocycles. The van der Waals surface area contributed by atoms with Gasteiger partial charge in [0.05, 0.1) is 11.3 Å². The Kier molecular flexibility index (Phi) is 4.81. The number of benzene rings is 1. The fourth-order valence-corrected chi connectivity index (χ4v) is 1.91. The minimum atomic E-state index is -4.86. The van der Waals surface area contributed by atoms with E-state index < -0.39 is 12.1 Å². The quantitative estimate of drug-likeness (QED) is 0.844. The Morgan fingerprint density at radius 2 is 2.14 bits per heavy atom. The highest BCUT2D eigenvalue weighted by atomic mass is 32.1. The van der Waals surface area contributed by atoms with Crippen LogP contribution in [0, 0.1) is 0 Å². The Balaban J connectivity index is 2.30. The van der Waals surface area contributed by atoms with E-state index in [9.17, 15) is 17.4 Å². The van der Waals surface area contributed by atoms with Crippen molar-refractivity contribution >= 4 is 17.2 Å². The van der Waals surface area contributed by atoms with Crippen LogP contribution in [0.2, 0.25) is 0 Å². The van der Waals surface area contributed by atoms with Gasteiger partial charge < -0.3 is 9.47 Å². The number of alkyl halides is 3. The van der Waals surface area contributed by atoms with Crippen LogP contribution >= 0.6 is 0 Å². The minimum Gasteiger partial charge on any atom is -0.472 e. The molecule has 10 heteroatoms. The van der Waals surface area contributed by atoms with Crippen LogP contribution in [0.4, 0.5) is 18.9 Å². The first-order valence-electron chi connectivity index (χ1n) is 5.89. The van der Waals surface area contributed by atoms with Crippen molar-refractivity contribution in [2.75, 3.05) is 0 Å². The van der Waals surface area contributed by atoms with Crippen LogP contribution in [0.25, 0.3) is 0 Å². The van der Waals surface area contributed by atoms with Gasteiger partial charge in [-0.25, -0.2) is 0 Å². The second-order valence-corrected chi connectivity index (χ2v) is 4.42. The van der Waals surface area contributed by atoms with Crippen molar-refractivity contribution in [3.8, 4) is 11.6 Å². The molecule has 2 rings (SSSR count). The Morgan fingerprint density at radius 3 is 2.73 bits per heavy atom.